The van der Waals surface area contributed by atoms with E-state index < -0.39 is 0 Å². The summed E-state index contributed by atoms with van der Waals surface area (Å²) in [5.41, 5.74) is 5.98. The molecule has 4 rings (SSSR count). The van der Waals surface area contributed by atoms with Gasteiger partial charge < -0.3 is 4.57 Å². The number of nitrogens with one attached hydrogen (secondary N) is 1. The zero-order chi connectivity index (χ0) is 17.2. The lowest BCUT2D eigenvalue weighted by atomic mass is 10.1. The number of benzene rings is 2. The number of amides is 1. The molecule has 4 aromatic rings. The smallest absolute Gasteiger partial charge is 0.281 e. The van der Waals surface area contributed by atoms with Crippen LogP contribution in [0.1, 0.15) is 22.2 Å². The second kappa shape index (κ2) is 6.53. The average molecular weight is 347 g/mol. The highest BCUT2D eigenvalue weighted by molar-refractivity contribution is 7.12. The summed E-state index contributed by atoms with van der Waals surface area (Å²) in [6.07, 6.45) is 1.68. The van der Waals surface area contributed by atoms with E-state index >= 15 is 0 Å². The molecule has 124 valence electrons. The maximum absolute atomic E-state index is 11.9. The molecular formula is C20H17N3OS. The van der Waals surface area contributed by atoms with Gasteiger partial charge in [0.15, 0.2) is 0 Å². The maximum atomic E-state index is 11.9. The van der Waals surface area contributed by atoms with Gasteiger partial charge in [0.25, 0.3) is 5.91 Å². The molecule has 0 saturated carbocycles. The van der Waals surface area contributed by atoms with Crippen molar-refractivity contribution in [1.82, 2.24) is 9.99 Å². The van der Waals surface area contributed by atoms with E-state index in [1.165, 1.54) is 33.1 Å². The molecule has 0 atom stereocenters. The first-order chi connectivity index (χ1) is 12.3. The third-order valence-electron chi connectivity index (χ3n) is 4.24. The van der Waals surface area contributed by atoms with Gasteiger partial charge in [-0.05, 0) is 42.1 Å². The summed E-state index contributed by atoms with van der Waals surface area (Å²) in [5.74, 6) is -0.185. The van der Waals surface area contributed by atoms with Crippen LogP contribution < -0.4 is 5.43 Å². The van der Waals surface area contributed by atoms with E-state index in [2.05, 4.69) is 58.4 Å². The van der Waals surface area contributed by atoms with Crippen LogP contribution in [-0.4, -0.2) is 16.7 Å². The molecule has 25 heavy (non-hydrogen) atoms. The Kier molecular flexibility index (Phi) is 4.07. The molecule has 1 N–H and O–H groups in total. The lowest BCUT2D eigenvalue weighted by Crippen LogP contribution is -2.16. The fourth-order valence-corrected chi connectivity index (χ4v) is 3.73. The molecule has 2 heterocycles. The number of carbonyl (C=O) groups excluding carboxylic acids is 1. The highest BCUT2D eigenvalue weighted by Crippen LogP contribution is 2.29. The third-order valence-corrected chi connectivity index (χ3v) is 5.11. The molecule has 0 aliphatic carbocycles. The van der Waals surface area contributed by atoms with Crippen molar-refractivity contribution >= 4 is 45.3 Å². The number of nitrogens with zero attached hydrogens (tertiary/aromatic N) is 2. The number of carbonyl (C=O) groups is 1. The maximum Gasteiger partial charge on any atom is 0.281 e. The fourth-order valence-electron chi connectivity index (χ4n) is 3.12. The van der Waals surface area contributed by atoms with Crippen LogP contribution in [0.4, 0.5) is 0 Å². The minimum atomic E-state index is -0.185. The van der Waals surface area contributed by atoms with Crippen LogP contribution in [0.25, 0.3) is 21.8 Å². The largest absolute Gasteiger partial charge is 0.341 e. The van der Waals surface area contributed by atoms with Crippen molar-refractivity contribution in [3.8, 4) is 0 Å². The highest BCUT2D eigenvalue weighted by Gasteiger charge is 2.09. The van der Waals surface area contributed by atoms with Gasteiger partial charge in [-0.1, -0.05) is 30.3 Å². The molecule has 0 unspecified atom stereocenters. The quantitative estimate of drug-likeness (QED) is 0.424. The highest BCUT2D eigenvalue weighted by atomic mass is 32.1. The summed E-state index contributed by atoms with van der Waals surface area (Å²) in [6.45, 7) is 3.08. The van der Waals surface area contributed by atoms with Gasteiger partial charge >= 0.3 is 0 Å². The Morgan fingerprint density at radius 2 is 1.96 bits per heavy atom. The van der Waals surface area contributed by atoms with Crippen LogP contribution in [0.5, 0.6) is 0 Å². The summed E-state index contributed by atoms with van der Waals surface area (Å²) < 4.78 is 2.31. The van der Waals surface area contributed by atoms with E-state index in [1.54, 1.807) is 12.3 Å². The molecule has 2 aromatic carbocycles. The van der Waals surface area contributed by atoms with Gasteiger partial charge in [0.1, 0.15) is 0 Å². The van der Waals surface area contributed by atoms with E-state index in [-0.39, 0.29) is 5.91 Å². The van der Waals surface area contributed by atoms with Crippen molar-refractivity contribution in [1.29, 1.82) is 0 Å². The molecule has 0 aliphatic heterocycles. The van der Waals surface area contributed by atoms with Crippen molar-refractivity contribution in [3.63, 3.8) is 0 Å². The Balaban J connectivity index is 1.66. The summed E-state index contributed by atoms with van der Waals surface area (Å²) in [4.78, 5) is 12.6. The Hall–Kier alpha value is -2.92. The van der Waals surface area contributed by atoms with E-state index in [0.717, 1.165) is 12.1 Å². The first-order valence-corrected chi connectivity index (χ1v) is 9.04. The molecule has 0 saturated heterocycles. The molecule has 1 amide bonds. The third kappa shape index (κ3) is 2.83. The number of thiophene rings is 1. The molecule has 0 spiro atoms. The van der Waals surface area contributed by atoms with Crippen LogP contribution in [0.15, 0.2) is 65.1 Å². The predicted octanol–water partition coefficient (Wildman–Crippen LogP) is 4.64. The second-order valence-electron chi connectivity index (χ2n) is 5.71. The Bertz CT molecular complexity index is 1080. The molecular weight excluding hydrogens is 330 g/mol. The van der Waals surface area contributed by atoms with Crippen LogP contribution in [0, 0.1) is 0 Å². The van der Waals surface area contributed by atoms with E-state index in [9.17, 15) is 4.79 Å². The summed E-state index contributed by atoms with van der Waals surface area (Å²) in [7, 11) is 0. The number of aromatic nitrogens is 1. The number of fused-ring (bicyclic) bond motifs is 3. The van der Waals surface area contributed by atoms with Crippen molar-refractivity contribution < 1.29 is 4.79 Å². The minimum absolute atomic E-state index is 0.185. The van der Waals surface area contributed by atoms with Gasteiger partial charge in [0.2, 0.25) is 0 Å². The van der Waals surface area contributed by atoms with Crippen molar-refractivity contribution in [2.24, 2.45) is 5.10 Å². The van der Waals surface area contributed by atoms with Crippen LogP contribution >= 0.6 is 11.3 Å². The average Bonchev–Trinajstić information content (AvgIpc) is 3.28. The number of rotatable bonds is 4. The van der Waals surface area contributed by atoms with Gasteiger partial charge in [0.05, 0.1) is 11.1 Å². The molecule has 0 bridgehead atoms. The number of hydrazone groups is 1. The Morgan fingerprint density at radius 3 is 2.76 bits per heavy atom. The van der Waals surface area contributed by atoms with Crippen LogP contribution in [-0.2, 0) is 6.54 Å². The van der Waals surface area contributed by atoms with Crippen LogP contribution in [0.2, 0.25) is 0 Å². The number of para-hydroxylation sites is 1. The van der Waals surface area contributed by atoms with Crippen LogP contribution in [0.3, 0.4) is 0 Å². The predicted molar refractivity (Wildman–Crippen MR) is 104 cm³/mol. The van der Waals surface area contributed by atoms with E-state index in [0.29, 0.717) is 4.88 Å². The summed E-state index contributed by atoms with van der Waals surface area (Å²) >= 11 is 1.40. The Labute approximate surface area is 149 Å². The lowest BCUT2D eigenvalue weighted by molar-refractivity contribution is 0.0959. The number of hydrogen-bond acceptors (Lipinski definition) is 3. The summed E-state index contributed by atoms with van der Waals surface area (Å²) in [6, 6.07) is 18.3. The zero-order valence-electron chi connectivity index (χ0n) is 13.8. The van der Waals surface area contributed by atoms with Gasteiger partial charge in [-0.25, -0.2) is 5.43 Å². The molecule has 2 aromatic heterocycles. The first-order valence-electron chi connectivity index (χ1n) is 8.16. The molecule has 0 radical (unpaired) electrons. The number of aryl methyl sites for hydroxylation is 1. The first kappa shape index (κ1) is 15.6. The SMILES string of the molecule is CCn1c2ccccc2c2cc(/C=N\NC(=O)c3cccs3)ccc21. The molecule has 0 fully saturated rings. The zero-order valence-corrected chi connectivity index (χ0v) is 14.6. The van der Waals surface area contributed by atoms with Gasteiger partial charge in [-0.15, -0.1) is 11.3 Å². The minimum Gasteiger partial charge on any atom is -0.341 e. The molecule has 5 heteroatoms. The normalized spacial score (nSPS) is 11.6. The summed E-state index contributed by atoms with van der Waals surface area (Å²) in [5, 5.41) is 8.39. The second-order valence-corrected chi connectivity index (χ2v) is 6.66. The molecule has 0 aliphatic rings. The monoisotopic (exact) mass is 347 g/mol. The lowest BCUT2D eigenvalue weighted by Gasteiger charge is -2.02. The van der Waals surface area contributed by atoms with E-state index in [1.807, 2.05) is 17.5 Å². The van der Waals surface area contributed by atoms with Gasteiger partial charge in [-0.2, -0.15) is 5.10 Å². The van der Waals surface area contributed by atoms with E-state index in [4.69, 9.17) is 0 Å². The van der Waals surface area contributed by atoms with Crippen molar-refractivity contribution in [2.45, 2.75) is 13.5 Å². The fraction of sp³-hybridized carbons (Fsp3) is 0.100. The van der Waals surface area contributed by atoms with Crippen molar-refractivity contribution in [2.75, 3.05) is 0 Å². The van der Waals surface area contributed by atoms with Gasteiger partial charge in [-0.3, -0.25) is 4.79 Å². The molecule has 4 nitrogen and oxygen atoms in total. The van der Waals surface area contributed by atoms with Gasteiger partial charge in [0, 0.05) is 28.4 Å². The standard InChI is InChI=1S/C20H17N3OS/c1-2-23-17-7-4-3-6-15(17)16-12-14(9-10-18(16)23)13-21-22-20(24)19-8-5-11-25-19/h3-13H,2H2,1H3,(H,22,24)/b21-13-. The van der Waals surface area contributed by atoms with Crippen molar-refractivity contribution in [3.05, 3.63) is 70.4 Å². The topological polar surface area (TPSA) is 46.4 Å². The Morgan fingerprint density at radius 1 is 1.12 bits per heavy atom. The number of hydrogen-bond donors (Lipinski definition) is 1.